The van der Waals surface area contributed by atoms with Gasteiger partial charge in [-0.3, -0.25) is 0 Å². The van der Waals surface area contributed by atoms with E-state index in [4.69, 9.17) is 5.73 Å². The molecule has 4 N–H and O–H groups in total. The number of aromatic nitrogens is 2. The van der Waals surface area contributed by atoms with Gasteiger partial charge in [-0.25, -0.2) is 4.98 Å². The number of aromatic amines is 1. The Kier molecular flexibility index (Phi) is 4.22. The molecular weight excluding hydrogens is 274 g/mol. The molecule has 0 fully saturated rings. The van der Waals surface area contributed by atoms with Gasteiger partial charge in [0.15, 0.2) is 0 Å². The van der Waals surface area contributed by atoms with Gasteiger partial charge in [0.1, 0.15) is 5.65 Å². The summed E-state index contributed by atoms with van der Waals surface area (Å²) in [6.07, 6.45) is 4.60. The smallest absolute Gasteiger partial charge is 0.137 e. The summed E-state index contributed by atoms with van der Waals surface area (Å²) in [6, 6.07) is 10.3. The van der Waals surface area contributed by atoms with Crippen molar-refractivity contribution < 1.29 is 5.11 Å². The van der Waals surface area contributed by atoms with Crippen LogP contribution in [0.15, 0.2) is 42.7 Å². The lowest BCUT2D eigenvalue weighted by molar-refractivity contribution is 0.229. The molecule has 1 unspecified atom stereocenters. The van der Waals surface area contributed by atoms with Gasteiger partial charge in [0.05, 0.1) is 0 Å². The highest BCUT2D eigenvalue weighted by Crippen LogP contribution is 2.32. The summed E-state index contributed by atoms with van der Waals surface area (Å²) >= 11 is 0. The van der Waals surface area contributed by atoms with E-state index >= 15 is 0 Å². The maximum atomic E-state index is 9.38. The molecule has 3 aromatic rings. The number of benzene rings is 1. The number of pyridine rings is 1. The number of hydrogen-bond donors (Lipinski definition) is 3. The Bertz CT molecular complexity index is 775. The third-order valence-electron chi connectivity index (χ3n) is 4.29. The molecule has 1 aromatic carbocycles. The van der Waals surface area contributed by atoms with Crippen LogP contribution in [0.1, 0.15) is 11.1 Å². The van der Waals surface area contributed by atoms with Gasteiger partial charge in [-0.15, -0.1) is 0 Å². The Balaban J connectivity index is 2.05. The largest absolute Gasteiger partial charge is 0.396 e. The average molecular weight is 295 g/mol. The van der Waals surface area contributed by atoms with Gasteiger partial charge in [0, 0.05) is 30.0 Å². The lowest BCUT2D eigenvalue weighted by Crippen LogP contribution is -2.20. The molecule has 0 spiro atoms. The first-order valence-corrected chi connectivity index (χ1v) is 7.56. The van der Waals surface area contributed by atoms with E-state index in [0.717, 1.165) is 23.0 Å². The molecule has 22 heavy (non-hydrogen) atoms. The van der Waals surface area contributed by atoms with E-state index < -0.39 is 0 Å². The summed E-state index contributed by atoms with van der Waals surface area (Å²) in [7, 11) is 0. The van der Waals surface area contributed by atoms with Crippen LogP contribution in [0, 0.1) is 12.8 Å². The van der Waals surface area contributed by atoms with E-state index in [1.165, 1.54) is 16.7 Å². The number of nitrogens with two attached hydrogens (primary N) is 1. The monoisotopic (exact) mass is 295 g/mol. The summed E-state index contributed by atoms with van der Waals surface area (Å²) in [4.78, 5) is 7.57. The second-order valence-electron chi connectivity index (χ2n) is 5.68. The van der Waals surface area contributed by atoms with E-state index in [-0.39, 0.29) is 12.5 Å². The van der Waals surface area contributed by atoms with Crippen LogP contribution in [0.25, 0.3) is 22.2 Å². The minimum Gasteiger partial charge on any atom is -0.396 e. The van der Waals surface area contributed by atoms with Gasteiger partial charge < -0.3 is 15.8 Å². The van der Waals surface area contributed by atoms with Crippen molar-refractivity contribution in [1.29, 1.82) is 0 Å². The van der Waals surface area contributed by atoms with Crippen LogP contribution in [0.3, 0.4) is 0 Å². The molecule has 4 heteroatoms. The Morgan fingerprint density at radius 1 is 1.23 bits per heavy atom. The summed E-state index contributed by atoms with van der Waals surface area (Å²) in [5.74, 6) is 0.110. The molecule has 0 radical (unpaired) electrons. The molecule has 2 aromatic heterocycles. The summed E-state index contributed by atoms with van der Waals surface area (Å²) in [5.41, 5.74) is 11.4. The third kappa shape index (κ3) is 2.63. The number of nitrogens with one attached hydrogen (secondary N) is 1. The predicted octanol–water partition coefficient (Wildman–Crippen LogP) is 2.65. The van der Waals surface area contributed by atoms with Crippen LogP contribution in [-0.4, -0.2) is 28.2 Å². The fraction of sp³-hybridized carbons (Fsp3) is 0.278. The van der Waals surface area contributed by atoms with Crippen LogP contribution >= 0.6 is 0 Å². The minimum atomic E-state index is 0.110. The van der Waals surface area contributed by atoms with Crippen molar-refractivity contribution in [1.82, 2.24) is 9.97 Å². The first-order chi connectivity index (χ1) is 10.7. The molecular formula is C18H21N3O. The number of fused-ring (bicyclic) bond motifs is 1. The van der Waals surface area contributed by atoms with Gasteiger partial charge in [0.2, 0.25) is 0 Å². The van der Waals surface area contributed by atoms with Crippen LogP contribution in [0.5, 0.6) is 0 Å². The van der Waals surface area contributed by atoms with E-state index in [2.05, 4.69) is 41.2 Å². The van der Waals surface area contributed by atoms with Gasteiger partial charge in [0.25, 0.3) is 0 Å². The lowest BCUT2D eigenvalue weighted by atomic mass is 9.91. The minimum absolute atomic E-state index is 0.110. The molecule has 3 rings (SSSR count). The number of H-pyrrole nitrogens is 1. The highest BCUT2D eigenvalue weighted by molar-refractivity contribution is 5.94. The zero-order valence-corrected chi connectivity index (χ0v) is 12.7. The molecule has 0 saturated carbocycles. The SMILES string of the molecule is Cc1c(CC(CN)CO)cccc1-c1c[nH]c2ncccc12. The molecule has 0 aliphatic rings. The number of aliphatic hydroxyl groups excluding tert-OH is 1. The van der Waals surface area contributed by atoms with Crippen LogP contribution in [0.2, 0.25) is 0 Å². The van der Waals surface area contributed by atoms with Gasteiger partial charge in [-0.2, -0.15) is 0 Å². The average Bonchev–Trinajstić information content (AvgIpc) is 2.98. The summed E-state index contributed by atoms with van der Waals surface area (Å²) < 4.78 is 0. The zero-order chi connectivity index (χ0) is 15.5. The standard InChI is InChI=1S/C18H21N3O/c1-12-14(8-13(9-19)11-22)4-2-5-15(12)17-10-21-18-16(17)6-3-7-20-18/h2-7,10,13,22H,8-9,11,19H2,1H3,(H,20,21). The van der Waals surface area contributed by atoms with Crippen molar-refractivity contribution in [2.75, 3.05) is 13.2 Å². The lowest BCUT2D eigenvalue weighted by Gasteiger charge is -2.15. The van der Waals surface area contributed by atoms with Crippen molar-refractivity contribution in [3.63, 3.8) is 0 Å². The molecule has 0 aliphatic carbocycles. The number of rotatable bonds is 5. The quantitative estimate of drug-likeness (QED) is 0.677. The van der Waals surface area contributed by atoms with E-state index in [1.54, 1.807) is 6.20 Å². The number of hydrogen-bond acceptors (Lipinski definition) is 3. The predicted molar refractivity (Wildman–Crippen MR) is 89.6 cm³/mol. The molecule has 4 nitrogen and oxygen atoms in total. The van der Waals surface area contributed by atoms with E-state index in [9.17, 15) is 5.11 Å². The maximum absolute atomic E-state index is 9.38. The summed E-state index contributed by atoms with van der Waals surface area (Å²) in [6.45, 7) is 2.75. The second kappa shape index (κ2) is 6.30. The van der Waals surface area contributed by atoms with Crippen LogP contribution in [0.4, 0.5) is 0 Å². The highest BCUT2D eigenvalue weighted by atomic mass is 16.3. The van der Waals surface area contributed by atoms with E-state index in [1.807, 2.05) is 12.3 Å². The maximum Gasteiger partial charge on any atom is 0.137 e. The molecule has 114 valence electrons. The molecule has 0 aliphatic heterocycles. The second-order valence-corrected chi connectivity index (χ2v) is 5.68. The zero-order valence-electron chi connectivity index (χ0n) is 12.7. The molecule has 0 saturated heterocycles. The van der Waals surface area contributed by atoms with Gasteiger partial charge in [-0.1, -0.05) is 18.2 Å². The number of aliphatic hydroxyl groups is 1. The first kappa shape index (κ1) is 14.8. The topological polar surface area (TPSA) is 74.9 Å². The Labute approximate surface area is 130 Å². The molecule has 2 heterocycles. The Morgan fingerprint density at radius 2 is 2.09 bits per heavy atom. The number of nitrogens with zero attached hydrogens (tertiary/aromatic N) is 1. The first-order valence-electron chi connectivity index (χ1n) is 7.56. The Hall–Kier alpha value is -2.17. The summed E-state index contributed by atoms with van der Waals surface area (Å²) in [5, 5.41) is 10.5. The van der Waals surface area contributed by atoms with Crippen molar-refractivity contribution in [2.45, 2.75) is 13.3 Å². The van der Waals surface area contributed by atoms with Crippen molar-refractivity contribution in [3.8, 4) is 11.1 Å². The normalized spacial score (nSPS) is 12.7. The highest BCUT2D eigenvalue weighted by Gasteiger charge is 2.13. The fourth-order valence-electron chi connectivity index (χ4n) is 2.91. The van der Waals surface area contributed by atoms with Crippen molar-refractivity contribution in [3.05, 3.63) is 53.9 Å². The fourth-order valence-corrected chi connectivity index (χ4v) is 2.91. The third-order valence-corrected chi connectivity index (χ3v) is 4.29. The van der Waals surface area contributed by atoms with Crippen molar-refractivity contribution in [2.24, 2.45) is 11.7 Å². The van der Waals surface area contributed by atoms with Crippen LogP contribution in [-0.2, 0) is 6.42 Å². The molecule has 0 amide bonds. The Morgan fingerprint density at radius 3 is 2.86 bits per heavy atom. The molecule has 0 bridgehead atoms. The van der Waals surface area contributed by atoms with Gasteiger partial charge >= 0.3 is 0 Å². The molecule has 1 atom stereocenters. The van der Waals surface area contributed by atoms with Gasteiger partial charge in [-0.05, 0) is 54.6 Å². The van der Waals surface area contributed by atoms with Crippen molar-refractivity contribution >= 4 is 11.0 Å². The van der Waals surface area contributed by atoms with Crippen LogP contribution < -0.4 is 5.73 Å². The van der Waals surface area contributed by atoms with E-state index in [0.29, 0.717) is 6.54 Å².